The molecule has 2 rings (SSSR count). The molecule has 0 spiro atoms. The number of benzene rings is 1. The minimum atomic E-state index is -0.0555. The number of hydrogen-bond acceptors (Lipinski definition) is 3. The Bertz CT molecular complexity index is 464. The van der Waals surface area contributed by atoms with Crippen molar-refractivity contribution < 1.29 is 4.79 Å². The van der Waals surface area contributed by atoms with Crippen molar-refractivity contribution in [3.05, 3.63) is 58.3 Å². The van der Waals surface area contributed by atoms with Gasteiger partial charge in [-0.1, -0.05) is 36.4 Å². The molecule has 0 radical (unpaired) electrons. The van der Waals surface area contributed by atoms with Crippen molar-refractivity contribution in [2.75, 3.05) is 0 Å². The average molecular weight is 245 g/mol. The number of rotatable bonds is 5. The van der Waals surface area contributed by atoms with E-state index in [0.29, 0.717) is 12.8 Å². The largest absolute Gasteiger partial charge is 0.324 e. The van der Waals surface area contributed by atoms with Gasteiger partial charge in [0.15, 0.2) is 5.78 Å². The fraction of sp³-hybridized carbons (Fsp3) is 0.214. The van der Waals surface area contributed by atoms with E-state index in [1.165, 1.54) is 11.3 Å². The first-order valence-corrected chi connectivity index (χ1v) is 6.52. The Hall–Kier alpha value is -1.45. The van der Waals surface area contributed by atoms with Crippen molar-refractivity contribution in [1.82, 2.24) is 0 Å². The van der Waals surface area contributed by atoms with E-state index in [4.69, 9.17) is 5.73 Å². The van der Waals surface area contributed by atoms with Crippen LogP contribution in [0.15, 0.2) is 47.8 Å². The molecule has 0 aliphatic heterocycles. The summed E-state index contributed by atoms with van der Waals surface area (Å²) in [5.74, 6) is 0.186. The molecule has 88 valence electrons. The fourth-order valence-electron chi connectivity index (χ4n) is 1.71. The molecule has 0 saturated heterocycles. The van der Waals surface area contributed by atoms with Gasteiger partial charge in [0.25, 0.3) is 0 Å². The first-order valence-electron chi connectivity index (χ1n) is 5.64. The van der Waals surface area contributed by atoms with Gasteiger partial charge < -0.3 is 5.73 Å². The Balaban J connectivity index is 1.89. The van der Waals surface area contributed by atoms with E-state index in [1.807, 2.05) is 47.8 Å². The molecule has 0 aliphatic carbocycles. The SMILES string of the molecule is NC(CCC(=O)c1cccs1)c1ccccc1. The number of Topliss-reactive ketones (excluding diaryl/α,β-unsaturated/α-hetero) is 1. The Morgan fingerprint density at radius 1 is 1.18 bits per heavy atom. The Labute approximate surface area is 105 Å². The first-order chi connectivity index (χ1) is 8.27. The summed E-state index contributed by atoms with van der Waals surface area (Å²) in [4.78, 5) is 12.6. The number of thiophene rings is 1. The molecule has 1 aromatic carbocycles. The summed E-state index contributed by atoms with van der Waals surface area (Å²) in [5, 5.41) is 1.92. The number of hydrogen-bond donors (Lipinski definition) is 1. The van der Waals surface area contributed by atoms with Crippen molar-refractivity contribution in [2.24, 2.45) is 5.73 Å². The van der Waals surface area contributed by atoms with E-state index in [2.05, 4.69) is 0 Å². The van der Waals surface area contributed by atoms with Crippen LogP contribution in [-0.4, -0.2) is 5.78 Å². The van der Waals surface area contributed by atoms with E-state index in [9.17, 15) is 4.79 Å². The third kappa shape index (κ3) is 3.25. The zero-order valence-corrected chi connectivity index (χ0v) is 10.3. The quantitative estimate of drug-likeness (QED) is 0.820. The van der Waals surface area contributed by atoms with Crippen LogP contribution in [0.2, 0.25) is 0 Å². The summed E-state index contributed by atoms with van der Waals surface area (Å²) >= 11 is 1.49. The third-order valence-corrected chi connectivity index (χ3v) is 3.62. The van der Waals surface area contributed by atoms with Gasteiger partial charge in [0, 0.05) is 12.5 Å². The minimum Gasteiger partial charge on any atom is -0.324 e. The van der Waals surface area contributed by atoms with Gasteiger partial charge in [-0.05, 0) is 23.4 Å². The lowest BCUT2D eigenvalue weighted by atomic mass is 10.0. The predicted octanol–water partition coefficient (Wildman–Crippen LogP) is 3.41. The maximum absolute atomic E-state index is 11.8. The van der Waals surface area contributed by atoms with Gasteiger partial charge in [-0.15, -0.1) is 11.3 Å². The molecule has 1 heterocycles. The third-order valence-electron chi connectivity index (χ3n) is 2.71. The van der Waals surface area contributed by atoms with Crippen LogP contribution < -0.4 is 5.73 Å². The lowest BCUT2D eigenvalue weighted by Crippen LogP contribution is -2.12. The van der Waals surface area contributed by atoms with Gasteiger partial charge in [0.2, 0.25) is 0 Å². The molecule has 1 unspecified atom stereocenters. The standard InChI is InChI=1S/C14H15NOS/c15-12(11-5-2-1-3-6-11)8-9-13(16)14-7-4-10-17-14/h1-7,10,12H,8-9,15H2. The molecule has 3 heteroatoms. The van der Waals surface area contributed by atoms with Crippen LogP contribution in [0.25, 0.3) is 0 Å². The Morgan fingerprint density at radius 3 is 2.59 bits per heavy atom. The highest BCUT2D eigenvalue weighted by Crippen LogP contribution is 2.18. The molecular weight excluding hydrogens is 230 g/mol. The van der Waals surface area contributed by atoms with E-state index in [0.717, 1.165) is 10.4 Å². The Kier molecular flexibility index (Phi) is 4.07. The zero-order valence-electron chi connectivity index (χ0n) is 9.50. The summed E-state index contributed by atoms with van der Waals surface area (Å²) < 4.78 is 0. The second-order valence-corrected chi connectivity index (χ2v) is 4.90. The summed E-state index contributed by atoms with van der Waals surface area (Å²) in [6.45, 7) is 0. The van der Waals surface area contributed by atoms with E-state index in [1.54, 1.807) is 0 Å². The molecule has 0 bridgehead atoms. The van der Waals surface area contributed by atoms with Crippen molar-refractivity contribution in [1.29, 1.82) is 0 Å². The first kappa shape index (κ1) is 12.0. The molecule has 2 nitrogen and oxygen atoms in total. The van der Waals surface area contributed by atoms with Crippen molar-refractivity contribution >= 4 is 17.1 Å². The summed E-state index contributed by atoms with van der Waals surface area (Å²) in [7, 11) is 0. The molecule has 0 amide bonds. The number of nitrogens with two attached hydrogens (primary N) is 1. The van der Waals surface area contributed by atoms with Gasteiger partial charge in [0.1, 0.15) is 0 Å². The second kappa shape index (κ2) is 5.75. The zero-order chi connectivity index (χ0) is 12.1. The molecule has 2 aromatic rings. The normalized spacial score (nSPS) is 12.3. The van der Waals surface area contributed by atoms with Crippen LogP contribution >= 0.6 is 11.3 Å². The number of carbonyl (C=O) groups is 1. The Morgan fingerprint density at radius 2 is 1.94 bits per heavy atom. The highest BCUT2D eigenvalue weighted by molar-refractivity contribution is 7.12. The van der Waals surface area contributed by atoms with Crippen LogP contribution in [0.4, 0.5) is 0 Å². The minimum absolute atomic E-state index is 0.0555. The van der Waals surface area contributed by atoms with Crippen LogP contribution in [0, 0.1) is 0 Å². The second-order valence-electron chi connectivity index (χ2n) is 3.96. The van der Waals surface area contributed by atoms with Gasteiger partial charge in [-0.3, -0.25) is 4.79 Å². The number of carbonyl (C=O) groups excluding carboxylic acids is 1. The molecule has 1 atom stereocenters. The molecule has 2 N–H and O–H groups in total. The average Bonchev–Trinajstić information content (AvgIpc) is 2.90. The van der Waals surface area contributed by atoms with Gasteiger partial charge in [-0.2, -0.15) is 0 Å². The predicted molar refractivity (Wildman–Crippen MR) is 71.3 cm³/mol. The van der Waals surface area contributed by atoms with Gasteiger partial charge in [-0.25, -0.2) is 0 Å². The summed E-state index contributed by atoms with van der Waals surface area (Å²) in [6.07, 6.45) is 1.21. The van der Waals surface area contributed by atoms with Crippen molar-refractivity contribution in [2.45, 2.75) is 18.9 Å². The molecule has 0 fully saturated rings. The molecule has 1 aromatic heterocycles. The van der Waals surface area contributed by atoms with Crippen molar-refractivity contribution in [3.63, 3.8) is 0 Å². The maximum Gasteiger partial charge on any atom is 0.172 e. The van der Waals surface area contributed by atoms with Crippen LogP contribution in [0.3, 0.4) is 0 Å². The lowest BCUT2D eigenvalue weighted by Gasteiger charge is -2.10. The summed E-state index contributed by atoms with van der Waals surface area (Å²) in [6, 6.07) is 13.6. The monoisotopic (exact) mass is 245 g/mol. The topological polar surface area (TPSA) is 43.1 Å². The maximum atomic E-state index is 11.8. The smallest absolute Gasteiger partial charge is 0.172 e. The van der Waals surface area contributed by atoms with E-state index >= 15 is 0 Å². The highest BCUT2D eigenvalue weighted by atomic mass is 32.1. The molecule has 0 saturated carbocycles. The van der Waals surface area contributed by atoms with Crippen LogP contribution in [-0.2, 0) is 0 Å². The van der Waals surface area contributed by atoms with E-state index < -0.39 is 0 Å². The van der Waals surface area contributed by atoms with Gasteiger partial charge >= 0.3 is 0 Å². The van der Waals surface area contributed by atoms with Gasteiger partial charge in [0.05, 0.1) is 4.88 Å². The molecular formula is C14H15NOS. The lowest BCUT2D eigenvalue weighted by molar-refractivity contribution is 0.0981. The number of ketones is 1. The van der Waals surface area contributed by atoms with Crippen LogP contribution in [0.5, 0.6) is 0 Å². The molecule has 0 aliphatic rings. The summed E-state index contributed by atoms with van der Waals surface area (Å²) in [5.41, 5.74) is 7.14. The molecule has 17 heavy (non-hydrogen) atoms. The highest BCUT2D eigenvalue weighted by Gasteiger charge is 2.11. The fourth-order valence-corrected chi connectivity index (χ4v) is 2.41. The van der Waals surface area contributed by atoms with Crippen LogP contribution in [0.1, 0.15) is 34.1 Å². The van der Waals surface area contributed by atoms with E-state index in [-0.39, 0.29) is 11.8 Å². The van der Waals surface area contributed by atoms with Crippen molar-refractivity contribution in [3.8, 4) is 0 Å².